The van der Waals surface area contributed by atoms with Crippen LogP contribution in [-0.2, 0) is 0 Å². The number of amides is 1. The molecule has 1 amide bonds. The Morgan fingerprint density at radius 3 is 2.94 bits per heavy atom. The van der Waals surface area contributed by atoms with Gasteiger partial charge in [0.15, 0.2) is 5.43 Å². The molecule has 1 saturated heterocycles. The van der Waals surface area contributed by atoms with Crippen LogP contribution in [0.25, 0.3) is 0 Å². The number of H-pyrrole nitrogens is 1. The number of carbonyl (C=O) groups excluding carboxylic acids is 1. The number of aromatic nitrogens is 1. The van der Waals surface area contributed by atoms with E-state index in [1.807, 2.05) is 0 Å². The molecule has 0 aromatic carbocycles. The number of nitrogens with one attached hydrogen (secondary N) is 2. The van der Waals surface area contributed by atoms with Gasteiger partial charge >= 0.3 is 0 Å². The largest absolute Gasteiger partial charge is 0.364 e. The van der Waals surface area contributed by atoms with Gasteiger partial charge < -0.3 is 15.2 Å². The summed E-state index contributed by atoms with van der Waals surface area (Å²) in [5.41, 5.74) is 0.750. The van der Waals surface area contributed by atoms with E-state index in [2.05, 4.69) is 10.3 Å². The quantitative estimate of drug-likeness (QED) is 0.820. The standard InChI is InChI=1S/C13H19N3O2/c1-9-6-12(17)11(7-15-9)13(18)16(2)8-10-4-3-5-14-10/h6-7,10,14H,3-5,8H2,1-2H3,(H,15,17). The molecule has 5 nitrogen and oxygen atoms in total. The molecule has 0 saturated carbocycles. The Morgan fingerprint density at radius 1 is 1.56 bits per heavy atom. The van der Waals surface area contributed by atoms with Crippen LogP contribution in [0.1, 0.15) is 28.9 Å². The van der Waals surface area contributed by atoms with Crippen LogP contribution >= 0.6 is 0 Å². The third kappa shape index (κ3) is 2.79. The van der Waals surface area contributed by atoms with Crippen molar-refractivity contribution >= 4 is 5.91 Å². The van der Waals surface area contributed by atoms with Gasteiger partial charge in [-0.05, 0) is 26.3 Å². The van der Waals surface area contributed by atoms with E-state index in [9.17, 15) is 9.59 Å². The summed E-state index contributed by atoms with van der Waals surface area (Å²) in [6.07, 6.45) is 3.73. The first-order valence-electron chi connectivity index (χ1n) is 6.26. The second kappa shape index (κ2) is 5.35. The smallest absolute Gasteiger partial charge is 0.259 e. The molecule has 1 atom stereocenters. The van der Waals surface area contributed by atoms with Crippen LogP contribution in [0, 0.1) is 6.92 Å². The van der Waals surface area contributed by atoms with Crippen LogP contribution < -0.4 is 10.7 Å². The molecule has 1 aliphatic heterocycles. The predicted molar refractivity (Wildman–Crippen MR) is 69.8 cm³/mol. The number of likely N-dealkylation sites (N-methyl/N-ethyl adjacent to an activating group) is 1. The normalized spacial score (nSPS) is 18.9. The maximum absolute atomic E-state index is 12.1. The molecular formula is C13H19N3O2. The van der Waals surface area contributed by atoms with Gasteiger partial charge in [0.25, 0.3) is 5.91 Å². The summed E-state index contributed by atoms with van der Waals surface area (Å²) in [6, 6.07) is 1.80. The minimum Gasteiger partial charge on any atom is -0.364 e. The van der Waals surface area contributed by atoms with Crippen molar-refractivity contribution in [1.29, 1.82) is 0 Å². The molecule has 98 valence electrons. The van der Waals surface area contributed by atoms with Crippen molar-refractivity contribution < 1.29 is 4.79 Å². The molecule has 2 rings (SSSR count). The van der Waals surface area contributed by atoms with Crippen LogP contribution in [0.5, 0.6) is 0 Å². The van der Waals surface area contributed by atoms with Gasteiger partial charge in [-0.25, -0.2) is 0 Å². The Bertz CT molecular complexity index is 489. The van der Waals surface area contributed by atoms with Crippen molar-refractivity contribution in [3.05, 3.63) is 33.7 Å². The lowest BCUT2D eigenvalue weighted by atomic mass is 10.2. The summed E-state index contributed by atoms with van der Waals surface area (Å²) in [6.45, 7) is 3.45. The molecule has 0 bridgehead atoms. The number of pyridine rings is 1. The summed E-state index contributed by atoms with van der Waals surface area (Å²) < 4.78 is 0. The number of hydrogen-bond acceptors (Lipinski definition) is 3. The van der Waals surface area contributed by atoms with Gasteiger partial charge in [-0.15, -0.1) is 0 Å². The van der Waals surface area contributed by atoms with E-state index in [0.29, 0.717) is 12.6 Å². The topological polar surface area (TPSA) is 65.2 Å². The minimum absolute atomic E-state index is 0.209. The van der Waals surface area contributed by atoms with Crippen LogP contribution in [0.2, 0.25) is 0 Å². The molecule has 2 N–H and O–H groups in total. The van der Waals surface area contributed by atoms with Gasteiger partial charge in [0.05, 0.1) is 0 Å². The minimum atomic E-state index is -0.220. The first kappa shape index (κ1) is 12.8. The van der Waals surface area contributed by atoms with E-state index in [4.69, 9.17) is 0 Å². The van der Waals surface area contributed by atoms with E-state index >= 15 is 0 Å². The zero-order valence-corrected chi connectivity index (χ0v) is 10.8. The van der Waals surface area contributed by atoms with Gasteiger partial charge in [0.2, 0.25) is 0 Å². The predicted octanol–water partition coefficient (Wildman–Crippen LogP) is 0.507. The summed E-state index contributed by atoms with van der Waals surface area (Å²) in [4.78, 5) is 28.4. The van der Waals surface area contributed by atoms with E-state index < -0.39 is 0 Å². The fourth-order valence-corrected chi connectivity index (χ4v) is 2.27. The van der Waals surface area contributed by atoms with E-state index in [1.165, 1.54) is 12.3 Å². The summed E-state index contributed by atoms with van der Waals surface area (Å²) in [5.74, 6) is -0.218. The fourth-order valence-electron chi connectivity index (χ4n) is 2.27. The number of nitrogens with zero attached hydrogens (tertiary/aromatic N) is 1. The average molecular weight is 249 g/mol. The molecule has 0 radical (unpaired) electrons. The third-order valence-electron chi connectivity index (χ3n) is 3.29. The summed E-state index contributed by atoms with van der Waals surface area (Å²) in [7, 11) is 1.74. The van der Waals surface area contributed by atoms with Gasteiger partial charge in [0, 0.05) is 37.6 Å². The van der Waals surface area contributed by atoms with Crippen LogP contribution in [-0.4, -0.2) is 42.0 Å². The van der Waals surface area contributed by atoms with Crippen molar-refractivity contribution in [2.24, 2.45) is 0 Å². The highest BCUT2D eigenvalue weighted by atomic mass is 16.2. The molecule has 1 fully saturated rings. The Kier molecular flexibility index (Phi) is 3.81. The summed E-state index contributed by atoms with van der Waals surface area (Å²) in [5, 5.41) is 3.34. The SMILES string of the molecule is Cc1cc(=O)c(C(=O)N(C)CC2CCCN2)c[nH]1. The zero-order valence-electron chi connectivity index (χ0n) is 10.8. The number of carbonyl (C=O) groups is 1. The fraction of sp³-hybridized carbons (Fsp3) is 0.538. The van der Waals surface area contributed by atoms with Crippen molar-refractivity contribution in [2.75, 3.05) is 20.1 Å². The first-order valence-corrected chi connectivity index (χ1v) is 6.26. The lowest BCUT2D eigenvalue weighted by Gasteiger charge is -2.21. The highest BCUT2D eigenvalue weighted by Gasteiger charge is 2.21. The molecule has 2 heterocycles. The maximum atomic E-state index is 12.1. The van der Waals surface area contributed by atoms with Gasteiger partial charge in [-0.3, -0.25) is 9.59 Å². The molecule has 1 aromatic heterocycles. The van der Waals surface area contributed by atoms with Crippen LogP contribution in [0.3, 0.4) is 0 Å². The second-order valence-corrected chi connectivity index (χ2v) is 4.87. The van der Waals surface area contributed by atoms with Crippen LogP contribution in [0.15, 0.2) is 17.1 Å². The Labute approximate surface area is 106 Å². The van der Waals surface area contributed by atoms with E-state index in [0.717, 1.165) is 25.1 Å². The monoisotopic (exact) mass is 249 g/mol. The molecule has 1 aromatic rings. The van der Waals surface area contributed by atoms with Gasteiger partial charge in [0.1, 0.15) is 5.56 Å². The summed E-state index contributed by atoms with van der Waals surface area (Å²) >= 11 is 0. The Hall–Kier alpha value is -1.62. The second-order valence-electron chi connectivity index (χ2n) is 4.87. The molecule has 0 spiro atoms. The third-order valence-corrected chi connectivity index (χ3v) is 3.29. The van der Waals surface area contributed by atoms with Crippen molar-refractivity contribution in [3.63, 3.8) is 0 Å². The average Bonchev–Trinajstić information content (AvgIpc) is 2.81. The zero-order chi connectivity index (χ0) is 13.1. The van der Waals surface area contributed by atoms with Crippen molar-refractivity contribution in [3.8, 4) is 0 Å². The molecule has 18 heavy (non-hydrogen) atoms. The van der Waals surface area contributed by atoms with Crippen LogP contribution in [0.4, 0.5) is 0 Å². The highest BCUT2D eigenvalue weighted by molar-refractivity contribution is 5.93. The first-order chi connectivity index (χ1) is 8.58. The molecule has 1 unspecified atom stereocenters. The lowest BCUT2D eigenvalue weighted by molar-refractivity contribution is 0.0782. The Morgan fingerprint density at radius 2 is 2.33 bits per heavy atom. The lowest BCUT2D eigenvalue weighted by Crippen LogP contribution is -2.40. The highest BCUT2D eigenvalue weighted by Crippen LogP contribution is 2.07. The van der Waals surface area contributed by atoms with Gasteiger partial charge in [-0.2, -0.15) is 0 Å². The van der Waals surface area contributed by atoms with E-state index in [1.54, 1.807) is 18.9 Å². The number of rotatable bonds is 3. The maximum Gasteiger partial charge on any atom is 0.259 e. The number of aromatic amines is 1. The van der Waals surface area contributed by atoms with Crippen molar-refractivity contribution in [1.82, 2.24) is 15.2 Å². The van der Waals surface area contributed by atoms with E-state index in [-0.39, 0.29) is 16.9 Å². The molecule has 0 aliphatic carbocycles. The molecule has 1 aliphatic rings. The molecule has 5 heteroatoms. The number of hydrogen-bond donors (Lipinski definition) is 2. The van der Waals surface area contributed by atoms with Gasteiger partial charge in [-0.1, -0.05) is 0 Å². The Balaban J connectivity index is 2.07. The van der Waals surface area contributed by atoms with Crippen molar-refractivity contribution in [2.45, 2.75) is 25.8 Å². The number of aryl methyl sites for hydroxylation is 1. The molecular weight excluding hydrogens is 230 g/mol.